The summed E-state index contributed by atoms with van der Waals surface area (Å²) in [5.74, 6) is 2.42. The number of nitrogens with one attached hydrogen (secondary N) is 2. The van der Waals surface area contributed by atoms with E-state index in [4.69, 9.17) is 9.47 Å². The third-order valence-electron chi connectivity index (χ3n) is 4.76. The molecule has 2 aliphatic carbocycles. The van der Waals surface area contributed by atoms with Crippen LogP contribution in [0.2, 0.25) is 0 Å². The second kappa shape index (κ2) is 8.38. The minimum atomic E-state index is 0.0262. The number of amides is 1. The summed E-state index contributed by atoms with van der Waals surface area (Å²) in [7, 11) is 1.65. The molecule has 2 aliphatic rings. The van der Waals surface area contributed by atoms with Crippen molar-refractivity contribution in [1.29, 1.82) is 0 Å². The van der Waals surface area contributed by atoms with Gasteiger partial charge in [0.05, 0.1) is 19.8 Å². The fourth-order valence-corrected chi connectivity index (χ4v) is 3.07. The van der Waals surface area contributed by atoms with Gasteiger partial charge in [-0.1, -0.05) is 0 Å². The van der Waals surface area contributed by atoms with E-state index in [0.717, 1.165) is 42.4 Å². The molecule has 3 rings (SSSR count). The van der Waals surface area contributed by atoms with Gasteiger partial charge in [-0.25, -0.2) is 0 Å². The number of hydrogen-bond acceptors (Lipinski definition) is 4. The highest BCUT2D eigenvalue weighted by Gasteiger charge is 2.21. The molecule has 2 saturated carbocycles. The Morgan fingerprint density at radius 2 is 2.00 bits per heavy atom. The molecule has 24 heavy (non-hydrogen) atoms. The standard InChI is InChI=1S/C19H28N2O3/c1-23-17-9-8-15(18(10-17)24-16-4-2-3-5-16)12-21-19(22)13-20-11-14-6-7-14/h8-10,14,16,20H,2-7,11-13H2,1H3,(H,21,22). The number of ether oxygens (including phenoxy) is 2. The van der Waals surface area contributed by atoms with Crippen molar-refractivity contribution in [2.45, 2.75) is 51.2 Å². The van der Waals surface area contributed by atoms with Gasteiger partial charge in [0.2, 0.25) is 5.91 Å². The Kier molecular flexibility index (Phi) is 5.96. The lowest BCUT2D eigenvalue weighted by atomic mass is 10.1. The SMILES string of the molecule is COc1ccc(CNC(=O)CNCC2CC2)c(OC2CCCC2)c1. The number of methoxy groups -OCH3 is 1. The van der Waals surface area contributed by atoms with Crippen molar-refractivity contribution in [3.05, 3.63) is 23.8 Å². The van der Waals surface area contributed by atoms with Gasteiger partial charge in [0.25, 0.3) is 0 Å². The van der Waals surface area contributed by atoms with E-state index in [-0.39, 0.29) is 12.0 Å². The molecule has 1 aromatic rings. The summed E-state index contributed by atoms with van der Waals surface area (Å²) in [6.45, 7) is 1.81. The molecule has 0 spiro atoms. The van der Waals surface area contributed by atoms with Crippen LogP contribution >= 0.6 is 0 Å². The topological polar surface area (TPSA) is 59.6 Å². The highest BCUT2D eigenvalue weighted by Crippen LogP contribution is 2.30. The maximum Gasteiger partial charge on any atom is 0.234 e. The molecule has 0 bridgehead atoms. The zero-order chi connectivity index (χ0) is 16.8. The van der Waals surface area contributed by atoms with Crippen LogP contribution in [-0.2, 0) is 11.3 Å². The largest absolute Gasteiger partial charge is 0.497 e. The predicted molar refractivity (Wildman–Crippen MR) is 93.3 cm³/mol. The molecule has 5 nitrogen and oxygen atoms in total. The summed E-state index contributed by atoms with van der Waals surface area (Å²) in [4.78, 5) is 12.0. The molecule has 0 aliphatic heterocycles. The molecule has 0 saturated heterocycles. The maximum atomic E-state index is 12.0. The van der Waals surface area contributed by atoms with Crippen molar-refractivity contribution in [3.8, 4) is 11.5 Å². The summed E-state index contributed by atoms with van der Waals surface area (Å²) in [5, 5.41) is 6.19. The maximum absolute atomic E-state index is 12.0. The number of carbonyl (C=O) groups excluding carboxylic acids is 1. The number of hydrogen-bond donors (Lipinski definition) is 2. The van der Waals surface area contributed by atoms with Gasteiger partial charge in [-0.2, -0.15) is 0 Å². The predicted octanol–water partition coefficient (Wildman–Crippen LogP) is 2.63. The average Bonchev–Trinajstić information content (AvgIpc) is 3.27. The number of benzene rings is 1. The average molecular weight is 332 g/mol. The summed E-state index contributed by atoms with van der Waals surface area (Å²) < 4.78 is 11.5. The van der Waals surface area contributed by atoms with Crippen molar-refractivity contribution in [1.82, 2.24) is 10.6 Å². The quantitative estimate of drug-likeness (QED) is 0.730. The highest BCUT2D eigenvalue weighted by atomic mass is 16.5. The van der Waals surface area contributed by atoms with Crippen molar-refractivity contribution in [2.75, 3.05) is 20.2 Å². The van der Waals surface area contributed by atoms with Crippen LogP contribution in [-0.4, -0.2) is 32.2 Å². The lowest BCUT2D eigenvalue weighted by Crippen LogP contribution is -2.34. The lowest BCUT2D eigenvalue weighted by molar-refractivity contribution is -0.120. The van der Waals surface area contributed by atoms with Crippen LogP contribution in [0.1, 0.15) is 44.1 Å². The Morgan fingerprint density at radius 3 is 2.71 bits per heavy atom. The van der Waals surface area contributed by atoms with Crippen LogP contribution in [0.15, 0.2) is 18.2 Å². The third-order valence-corrected chi connectivity index (χ3v) is 4.76. The zero-order valence-corrected chi connectivity index (χ0v) is 14.5. The molecule has 0 heterocycles. The molecule has 0 radical (unpaired) electrons. The van der Waals surface area contributed by atoms with E-state index in [1.165, 1.54) is 25.7 Å². The minimum Gasteiger partial charge on any atom is -0.497 e. The number of carbonyl (C=O) groups is 1. The van der Waals surface area contributed by atoms with Gasteiger partial charge in [0.1, 0.15) is 11.5 Å². The lowest BCUT2D eigenvalue weighted by Gasteiger charge is -2.18. The van der Waals surface area contributed by atoms with Crippen molar-refractivity contribution >= 4 is 5.91 Å². The Balaban J connectivity index is 1.53. The molecular weight excluding hydrogens is 304 g/mol. The van der Waals surface area contributed by atoms with Crippen molar-refractivity contribution < 1.29 is 14.3 Å². The Bertz CT molecular complexity index is 552. The molecular formula is C19H28N2O3. The van der Waals surface area contributed by atoms with Crippen LogP contribution in [0.3, 0.4) is 0 Å². The summed E-state index contributed by atoms with van der Waals surface area (Å²) in [6.07, 6.45) is 7.54. The van der Waals surface area contributed by atoms with Crippen LogP contribution in [0.25, 0.3) is 0 Å². The van der Waals surface area contributed by atoms with Gasteiger partial charge in [0, 0.05) is 18.2 Å². The van der Waals surface area contributed by atoms with E-state index < -0.39 is 0 Å². The van der Waals surface area contributed by atoms with Crippen molar-refractivity contribution in [2.24, 2.45) is 5.92 Å². The second-order valence-electron chi connectivity index (χ2n) is 6.85. The monoisotopic (exact) mass is 332 g/mol. The highest BCUT2D eigenvalue weighted by molar-refractivity contribution is 5.78. The summed E-state index contributed by atoms with van der Waals surface area (Å²) in [5.41, 5.74) is 0.998. The first-order chi connectivity index (χ1) is 11.7. The van der Waals surface area contributed by atoms with Crippen LogP contribution in [0, 0.1) is 5.92 Å². The van der Waals surface area contributed by atoms with Gasteiger partial charge < -0.3 is 20.1 Å². The van der Waals surface area contributed by atoms with E-state index >= 15 is 0 Å². The molecule has 5 heteroatoms. The van der Waals surface area contributed by atoms with Crippen LogP contribution < -0.4 is 20.1 Å². The summed E-state index contributed by atoms with van der Waals surface area (Å²) in [6, 6.07) is 5.81. The number of rotatable bonds is 9. The Labute approximate surface area is 144 Å². The van der Waals surface area contributed by atoms with E-state index in [9.17, 15) is 4.79 Å². The smallest absolute Gasteiger partial charge is 0.234 e. The second-order valence-corrected chi connectivity index (χ2v) is 6.85. The molecule has 2 fully saturated rings. The first kappa shape index (κ1) is 17.1. The third kappa shape index (κ3) is 5.13. The van der Waals surface area contributed by atoms with Crippen molar-refractivity contribution in [3.63, 3.8) is 0 Å². The summed E-state index contributed by atoms with van der Waals surface area (Å²) >= 11 is 0. The minimum absolute atomic E-state index is 0.0262. The van der Waals surface area contributed by atoms with E-state index in [2.05, 4.69) is 10.6 Å². The normalized spacial score (nSPS) is 17.7. The molecule has 0 unspecified atom stereocenters. The van der Waals surface area contributed by atoms with Gasteiger partial charge >= 0.3 is 0 Å². The van der Waals surface area contributed by atoms with Gasteiger partial charge in [0.15, 0.2) is 0 Å². The van der Waals surface area contributed by atoms with E-state index in [0.29, 0.717) is 13.1 Å². The molecule has 0 aromatic heterocycles. The molecule has 132 valence electrons. The van der Waals surface area contributed by atoms with E-state index in [1.54, 1.807) is 7.11 Å². The van der Waals surface area contributed by atoms with Crippen LogP contribution in [0.5, 0.6) is 11.5 Å². The fourth-order valence-electron chi connectivity index (χ4n) is 3.07. The molecule has 1 amide bonds. The van der Waals surface area contributed by atoms with Crippen LogP contribution in [0.4, 0.5) is 0 Å². The van der Waals surface area contributed by atoms with E-state index in [1.807, 2.05) is 18.2 Å². The zero-order valence-electron chi connectivity index (χ0n) is 14.5. The van der Waals surface area contributed by atoms with Gasteiger partial charge in [-0.3, -0.25) is 4.79 Å². The molecule has 1 aromatic carbocycles. The van der Waals surface area contributed by atoms with Gasteiger partial charge in [-0.15, -0.1) is 0 Å². The fraction of sp³-hybridized carbons (Fsp3) is 0.632. The first-order valence-electron chi connectivity index (χ1n) is 9.05. The molecule has 2 N–H and O–H groups in total. The first-order valence-corrected chi connectivity index (χ1v) is 9.05. The Morgan fingerprint density at radius 1 is 1.21 bits per heavy atom. The molecule has 0 atom stereocenters. The van der Waals surface area contributed by atoms with Gasteiger partial charge in [-0.05, 0) is 63.1 Å². The Hall–Kier alpha value is -1.75.